The molecule has 20 heavy (non-hydrogen) atoms. The van der Waals surface area contributed by atoms with Gasteiger partial charge < -0.3 is 5.11 Å². The standard InChI is InChI=1S/C15H23N3O2/c1-2-14-16-9-8-12(17-14)11-18-10-4-3-5-13(18)6-7-15(19)20/h8-9,13H,2-7,10-11H2,1H3,(H,19,20)/t13-/m0/s1. The molecule has 2 rings (SSSR count). The van der Waals surface area contributed by atoms with Gasteiger partial charge in [-0.25, -0.2) is 9.97 Å². The van der Waals surface area contributed by atoms with Crippen molar-refractivity contribution in [1.29, 1.82) is 0 Å². The Labute approximate surface area is 120 Å². The Kier molecular flexibility index (Phi) is 5.47. The number of carboxylic acids is 1. The zero-order chi connectivity index (χ0) is 14.4. The Hall–Kier alpha value is -1.49. The summed E-state index contributed by atoms with van der Waals surface area (Å²) in [5.74, 6) is 0.174. The van der Waals surface area contributed by atoms with E-state index in [1.807, 2.05) is 12.3 Å². The first-order valence-electron chi connectivity index (χ1n) is 7.45. The molecule has 5 nitrogen and oxygen atoms in total. The first kappa shape index (κ1) is 14.9. The van der Waals surface area contributed by atoms with Crippen LogP contribution >= 0.6 is 0 Å². The number of hydrogen-bond donors (Lipinski definition) is 1. The van der Waals surface area contributed by atoms with Gasteiger partial charge in [0.25, 0.3) is 0 Å². The third kappa shape index (κ3) is 4.27. The van der Waals surface area contributed by atoms with Crippen LogP contribution in [0.25, 0.3) is 0 Å². The van der Waals surface area contributed by atoms with Gasteiger partial charge in [0.15, 0.2) is 0 Å². The topological polar surface area (TPSA) is 66.3 Å². The Morgan fingerprint density at radius 2 is 2.35 bits per heavy atom. The van der Waals surface area contributed by atoms with E-state index in [-0.39, 0.29) is 6.42 Å². The first-order chi connectivity index (χ1) is 9.69. The van der Waals surface area contributed by atoms with Gasteiger partial charge in [0.05, 0.1) is 5.69 Å². The molecular formula is C15H23N3O2. The lowest BCUT2D eigenvalue weighted by atomic mass is 9.97. The van der Waals surface area contributed by atoms with Crippen LogP contribution in [0.3, 0.4) is 0 Å². The van der Waals surface area contributed by atoms with Gasteiger partial charge in [0.1, 0.15) is 5.82 Å². The van der Waals surface area contributed by atoms with Crippen molar-refractivity contribution in [3.63, 3.8) is 0 Å². The van der Waals surface area contributed by atoms with Crippen LogP contribution in [0.5, 0.6) is 0 Å². The third-order valence-corrected chi connectivity index (χ3v) is 3.88. The van der Waals surface area contributed by atoms with Crippen molar-refractivity contribution in [1.82, 2.24) is 14.9 Å². The fourth-order valence-corrected chi connectivity index (χ4v) is 2.79. The van der Waals surface area contributed by atoms with Crippen molar-refractivity contribution in [3.8, 4) is 0 Å². The number of carboxylic acid groups (broad SMARTS) is 1. The predicted molar refractivity (Wildman–Crippen MR) is 76.3 cm³/mol. The average molecular weight is 277 g/mol. The molecular weight excluding hydrogens is 254 g/mol. The summed E-state index contributed by atoms with van der Waals surface area (Å²) in [5.41, 5.74) is 1.04. The smallest absolute Gasteiger partial charge is 0.303 e. The summed E-state index contributed by atoms with van der Waals surface area (Å²) in [6.45, 7) is 3.89. The minimum absolute atomic E-state index is 0.255. The fourth-order valence-electron chi connectivity index (χ4n) is 2.79. The summed E-state index contributed by atoms with van der Waals surface area (Å²) in [6, 6.07) is 2.34. The maximum Gasteiger partial charge on any atom is 0.303 e. The number of hydrogen-bond acceptors (Lipinski definition) is 4. The summed E-state index contributed by atoms with van der Waals surface area (Å²) in [4.78, 5) is 21.9. The van der Waals surface area contributed by atoms with E-state index in [2.05, 4.69) is 21.8 Å². The predicted octanol–water partition coefficient (Wildman–Crippen LogP) is 2.26. The second-order valence-electron chi connectivity index (χ2n) is 5.37. The van der Waals surface area contributed by atoms with Crippen molar-refractivity contribution in [2.45, 2.75) is 58.0 Å². The Bertz CT molecular complexity index is 450. The van der Waals surface area contributed by atoms with Gasteiger partial charge in [-0.15, -0.1) is 0 Å². The summed E-state index contributed by atoms with van der Waals surface area (Å²) < 4.78 is 0. The lowest BCUT2D eigenvalue weighted by Gasteiger charge is -2.35. The Morgan fingerprint density at radius 1 is 1.50 bits per heavy atom. The lowest BCUT2D eigenvalue weighted by molar-refractivity contribution is -0.137. The summed E-state index contributed by atoms with van der Waals surface area (Å²) in [5, 5.41) is 8.85. The van der Waals surface area contributed by atoms with Crippen molar-refractivity contribution >= 4 is 5.97 Å². The van der Waals surface area contributed by atoms with Crippen LogP contribution in [0.4, 0.5) is 0 Å². The maximum absolute atomic E-state index is 10.8. The molecule has 0 spiro atoms. The second-order valence-corrected chi connectivity index (χ2v) is 5.37. The number of carbonyl (C=O) groups is 1. The summed E-state index contributed by atoms with van der Waals surface area (Å²) >= 11 is 0. The minimum Gasteiger partial charge on any atom is -0.481 e. The summed E-state index contributed by atoms with van der Waals surface area (Å²) in [7, 11) is 0. The largest absolute Gasteiger partial charge is 0.481 e. The molecule has 5 heteroatoms. The van der Waals surface area contributed by atoms with Crippen LogP contribution in [0.15, 0.2) is 12.3 Å². The quantitative estimate of drug-likeness (QED) is 0.864. The van der Waals surface area contributed by atoms with E-state index in [1.54, 1.807) is 0 Å². The fraction of sp³-hybridized carbons (Fsp3) is 0.667. The van der Waals surface area contributed by atoms with Crippen molar-refractivity contribution in [2.24, 2.45) is 0 Å². The first-order valence-corrected chi connectivity index (χ1v) is 7.45. The zero-order valence-electron chi connectivity index (χ0n) is 12.1. The third-order valence-electron chi connectivity index (χ3n) is 3.88. The molecule has 0 bridgehead atoms. The highest BCUT2D eigenvalue weighted by atomic mass is 16.4. The second kappa shape index (κ2) is 7.33. The molecule has 0 saturated carbocycles. The molecule has 1 aliphatic rings. The number of likely N-dealkylation sites (tertiary alicyclic amines) is 1. The molecule has 1 fully saturated rings. The van der Waals surface area contributed by atoms with Crippen molar-refractivity contribution in [2.75, 3.05) is 6.54 Å². The van der Waals surface area contributed by atoms with Gasteiger partial charge in [-0.2, -0.15) is 0 Å². The van der Waals surface area contributed by atoms with Crippen LogP contribution in [-0.2, 0) is 17.8 Å². The van der Waals surface area contributed by atoms with Crippen molar-refractivity contribution < 1.29 is 9.90 Å². The summed E-state index contributed by atoms with van der Waals surface area (Å²) in [6.07, 6.45) is 7.14. The SMILES string of the molecule is CCc1nccc(CN2CCCC[C@H]2CCC(=O)O)n1. The lowest BCUT2D eigenvalue weighted by Crippen LogP contribution is -2.39. The maximum atomic E-state index is 10.8. The highest BCUT2D eigenvalue weighted by Crippen LogP contribution is 2.22. The number of aryl methyl sites for hydroxylation is 1. The number of aromatic nitrogens is 2. The van der Waals surface area contributed by atoms with Gasteiger partial charge in [-0.3, -0.25) is 9.69 Å². The van der Waals surface area contributed by atoms with Crippen LogP contribution in [0.1, 0.15) is 50.5 Å². The van der Waals surface area contributed by atoms with Crippen LogP contribution < -0.4 is 0 Å². The molecule has 1 aromatic heterocycles. The molecule has 1 N–H and O–H groups in total. The van der Waals surface area contributed by atoms with Gasteiger partial charge in [0.2, 0.25) is 0 Å². The molecule has 0 aliphatic carbocycles. The Balaban J connectivity index is 1.98. The molecule has 1 aromatic rings. The van der Waals surface area contributed by atoms with Crippen LogP contribution in [-0.4, -0.2) is 38.5 Å². The molecule has 1 saturated heterocycles. The molecule has 110 valence electrons. The number of nitrogens with zero attached hydrogens (tertiary/aromatic N) is 3. The van der Waals surface area contributed by atoms with E-state index < -0.39 is 5.97 Å². The molecule has 0 unspecified atom stereocenters. The van der Waals surface area contributed by atoms with E-state index >= 15 is 0 Å². The minimum atomic E-state index is -0.703. The van der Waals surface area contributed by atoms with E-state index in [1.165, 1.54) is 12.8 Å². The number of piperidine rings is 1. The van der Waals surface area contributed by atoms with Crippen LogP contribution in [0.2, 0.25) is 0 Å². The zero-order valence-corrected chi connectivity index (χ0v) is 12.1. The van der Waals surface area contributed by atoms with Gasteiger partial charge in [-0.05, 0) is 31.9 Å². The monoisotopic (exact) mass is 277 g/mol. The number of aliphatic carboxylic acids is 1. The average Bonchev–Trinajstić information content (AvgIpc) is 2.46. The molecule has 0 aromatic carbocycles. The highest BCUT2D eigenvalue weighted by molar-refractivity contribution is 5.66. The van der Waals surface area contributed by atoms with Crippen molar-refractivity contribution in [3.05, 3.63) is 23.8 Å². The molecule has 2 heterocycles. The number of rotatable bonds is 6. The van der Waals surface area contributed by atoms with E-state index in [0.29, 0.717) is 6.04 Å². The molecule has 0 radical (unpaired) electrons. The normalized spacial score (nSPS) is 19.9. The van der Waals surface area contributed by atoms with Gasteiger partial charge >= 0.3 is 5.97 Å². The van der Waals surface area contributed by atoms with E-state index in [4.69, 9.17) is 5.11 Å². The molecule has 1 atom stereocenters. The van der Waals surface area contributed by atoms with Crippen LogP contribution in [0, 0.1) is 0 Å². The van der Waals surface area contributed by atoms with Gasteiger partial charge in [0, 0.05) is 31.6 Å². The molecule has 1 aliphatic heterocycles. The highest BCUT2D eigenvalue weighted by Gasteiger charge is 2.23. The van der Waals surface area contributed by atoms with E-state index in [9.17, 15) is 4.79 Å². The molecule has 0 amide bonds. The van der Waals surface area contributed by atoms with E-state index in [0.717, 1.165) is 43.9 Å². The Morgan fingerprint density at radius 3 is 3.10 bits per heavy atom. The van der Waals surface area contributed by atoms with Gasteiger partial charge in [-0.1, -0.05) is 13.3 Å².